The Kier molecular flexibility index (Phi) is 4.99. The molecule has 0 unspecified atom stereocenters. The summed E-state index contributed by atoms with van der Waals surface area (Å²) >= 11 is 0. The van der Waals surface area contributed by atoms with Crippen molar-refractivity contribution in [1.29, 1.82) is 0 Å². The van der Waals surface area contributed by atoms with Gasteiger partial charge in [0, 0.05) is 26.2 Å². The molecule has 2 heterocycles. The summed E-state index contributed by atoms with van der Waals surface area (Å²) in [6, 6.07) is 2.51. The van der Waals surface area contributed by atoms with E-state index in [4.69, 9.17) is 4.42 Å². The highest BCUT2D eigenvalue weighted by molar-refractivity contribution is 5.77. The van der Waals surface area contributed by atoms with Gasteiger partial charge in [0.1, 0.15) is 5.76 Å². The fraction of sp³-hybridized carbons (Fsp3) is 0.643. The molecule has 2 N–H and O–H groups in total. The smallest absolute Gasteiger partial charge is 0.233 e. The van der Waals surface area contributed by atoms with E-state index >= 15 is 0 Å². The molecular weight excluding hydrogens is 242 g/mol. The van der Waals surface area contributed by atoms with Crippen LogP contribution in [0.15, 0.2) is 16.7 Å². The number of likely N-dealkylation sites (tertiary alicyclic amines) is 1. The van der Waals surface area contributed by atoms with Crippen molar-refractivity contribution in [3.8, 4) is 0 Å². The molecule has 1 amide bonds. The summed E-state index contributed by atoms with van der Waals surface area (Å²) in [6.45, 7) is 5.32. The average Bonchev–Trinajstić information content (AvgIpc) is 2.83. The molecule has 106 valence electrons. The van der Waals surface area contributed by atoms with Gasteiger partial charge in [0.2, 0.25) is 5.91 Å². The van der Waals surface area contributed by atoms with E-state index in [2.05, 4.69) is 22.5 Å². The second-order valence-electron chi connectivity index (χ2n) is 5.13. The third kappa shape index (κ3) is 4.08. The highest BCUT2D eigenvalue weighted by atomic mass is 16.3. The van der Waals surface area contributed by atoms with Gasteiger partial charge in [-0.1, -0.05) is 0 Å². The van der Waals surface area contributed by atoms with Crippen LogP contribution in [0.4, 0.5) is 0 Å². The van der Waals surface area contributed by atoms with E-state index < -0.39 is 0 Å². The summed E-state index contributed by atoms with van der Waals surface area (Å²) in [5, 5.41) is 6.20. The molecule has 1 aliphatic heterocycles. The predicted octanol–water partition coefficient (Wildman–Crippen LogP) is 0.888. The normalized spacial score (nSPS) is 17.6. The van der Waals surface area contributed by atoms with Gasteiger partial charge in [-0.3, -0.25) is 9.69 Å². The molecule has 1 saturated heterocycles. The molecule has 0 aliphatic carbocycles. The van der Waals surface area contributed by atoms with Crippen molar-refractivity contribution in [2.45, 2.75) is 32.4 Å². The minimum absolute atomic E-state index is 0.0950. The van der Waals surface area contributed by atoms with E-state index in [1.54, 1.807) is 13.3 Å². The summed E-state index contributed by atoms with van der Waals surface area (Å²) in [5.41, 5.74) is 1.20. The number of hydrogen-bond acceptors (Lipinski definition) is 4. The van der Waals surface area contributed by atoms with Crippen molar-refractivity contribution < 1.29 is 9.21 Å². The van der Waals surface area contributed by atoms with Crippen LogP contribution in [0, 0.1) is 6.92 Å². The van der Waals surface area contributed by atoms with Crippen LogP contribution >= 0.6 is 0 Å². The highest BCUT2D eigenvalue weighted by Gasteiger charge is 2.20. The maximum absolute atomic E-state index is 11.3. The summed E-state index contributed by atoms with van der Waals surface area (Å²) in [7, 11) is 1.68. The second-order valence-corrected chi connectivity index (χ2v) is 5.13. The van der Waals surface area contributed by atoms with E-state index in [0.29, 0.717) is 12.6 Å². The number of furan rings is 1. The Morgan fingerprint density at radius 2 is 2.21 bits per heavy atom. The molecule has 0 bridgehead atoms. The van der Waals surface area contributed by atoms with Gasteiger partial charge < -0.3 is 15.1 Å². The van der Waals surface area contributed by atoms with Crippen molar-refractivity contribution in [1.82, 2.24) is 15.5 Å². The van der Waals surface area contributed by atoms with Crippen molar-refractivity contribution in [2.75, 3.05) is 26.7 Å². The van der Waals surface area contributed by atoms with E-state index in [1.807, 2.05) is 6.07 Å². The SMILES string of the molecule is CNC(=O)CN1CCC(NCc2occc2C)CC1. The largest absolute Gasteiger partial charge is 0.468 e. The van der Waals surface area contributed by atoms with Gasteiger partial charge in [-0.2, -0.15) is 0 Å². The molecule has 0 radical (unpaired) electrons. The van der Waals surface area contributed by atoms with Crippen LogP contribution in [0.25, 0.3) is 0 Å². The van der Waals surface area contributed by atoms with Crippen molar-refractivity contribution >= 4 is 5.91 Å². The zero-order chi connectivity index (χ0) is 13.7. The van der Waals surface area contributed by atoms with Crippen LogP contribution in [0.1, 0.15) is 24.2 Å². The summed E-state index contributed by atoms with van der Waals surface area (Å²) in [5.74, 6) is 1.12. The van der Waals surface area contributed by atoms with Crippen molar-refractivity contribution in [3.63, 3.8) is 0 Å². The number of aryl methyl sites for hydroxylation is 1. The number of nitrogens with one attached hydrogen (secondary N) is 2. The van der Waals surface area contributed by atoms with Crippen LogP contribution in [0.5, 0.6) is 0 Å². The molecule has 5 nitrogen and oxygen atoms in total. The molecule has 0 saturated carbocycles. The maximum Gasteiger partial charge on any atom is 0.233 e. The second kappa shape index (κ2) is 6.73. The van der Waals surface area contributed by atoms with E-state index in [9.17, 15) is 4.79 Å². The monoisotopic (exact) mass is 265 g/mol. The number of hydrogen-bond donors (Lipinski definition) is 2. The Hall–Kier alpha value is -1.33. The minimum Gasteiger partial charge on any atom is -0.468 e. The summed E-state index contributed by atoms with van der Waals surface area (Å²) in [4.78, 5) is 13.5. The topological polar surface area (TPSA) is 57.5 Å². The molecular formula is C14H23N3O2. The first kappa shape index (κ1) is 14.1. The van der Waals surface area contributed by atoms with Crippen LogP contribution in [-0.4, -0.2) is 43.5 Å². The molecule has 1 fully saturated rings. The van der Waals surface area contributed by atoms with E-state index in [-0.39, 0.29) is 5.91 Å². The maximum atomic E-state index is 11.3. The van der Waals surface area contributed by atoms with Gasteiger partial charge in [-0.05, 0) is 31.4 Å². The molecule has 0 atom stereocenters. The first-order chi connectivity index (χ1) is 9.19. The quantitative estimate of drug-likeness (QED) is 0.830. The Bertz CT molecular complexity index is 409. The number of carbonyl (C=O) groups excluding carboxylic acids is 1. The van der Waals surface area contributed by atoms with Crippen LogP contribution in [-0.2, 0) is 11.3 Å². The molecule has 1 aliphatic rings. The fourth-order valence-electron chi connectivity index (χ4n) is 2.40. The number of carbonyl (C=O) groups is 1. The number of nitrogens with zero attached hydrogens (tertiary/aromatic N) is 1. The lowest BCUT2D eigenvalue weighted by Crippen LogP contribution is -2.45. The van der Waals surface area contributed by atoms with Crippen molar-refractivity contribution in [3.05, 3.63) is 23.7 Å². The number of rotatable bonds is 5. The number of amides is 1. The van der Waals surface area contributed by atoms with Gasteiger partial charge in [0.15, 0.2) is 0 Å². The summed E-state index contributed by atoms with van der Waals surface area (Å²) in [6.07, 6.45) is 3.89. The van der Waals surface area contributed by atoms with Crippen molar-refractivity contribution in [2.24, 2.45) is 0 Å². The zero-order valence-electron chi connectivity index (χ0n) is 11.7. The van der Waals surface area contributed by atoms with Crippen LogP contribution < -0.4 is 10.6 Å². The lowest BCUT2D eigenvalue weighted by atomic mass is 10.0. The molecule has 2 rings (SSSR count). The van der Waals surface area contributed by atoms with Gasteiger partial charge in [0.25, 0.3) is 0 Å². The molecule has 1 aromatic heterocycles. The van der Waals surface area contributed by atoms with Crippen LogP contribution in [0.2, 0.25) is 0 Å². The van der Waals surface area contributed by atoms with Gasteiger partial charge in [-0.15, -0.1) is 0 Å². The zero-order valence-corrected chi connectivity index (χ0v) is 11.7. The molecule has 5 heteroatoms. The Morgan fingerprint density at radius 1 is 1.47 bits per heavy atom. The molecule has 0 aromatic carbocycles. The number of likely N-dealkylation sites (N-methyl/N-ethyl adjacent to an activating group) is 1. The average molecular weight is 265 g/mol. The Balaban J connectivity index is 1.69. The highest BCUT2D eigenvalue weighted by Crippen LogP contribution is 2.13. The first-order valence-corrected chi connectivity index (χ1v) is 6.88. The van der Waals surface area contributed by atoms with Gasteiger partial charge in [0.05, 0.1) is 19.4 Å². The summed E-state index contributed by atoms with van der Waals surface area (Å²) < 4.78 is 5.42. The minimum atomic E-state index is 0.0950. The fourth-order valence-corrected chi connectivity index (χ4v) is 2.40. The third-order valence-corrected chi connectivity index (χ3v) is 3.75. The standard InChI is InChI=1S/C14H23N3O2/c1-11-5-8-19-13(11)9-16-12-3-6-17(7-4-12)10-14(18)15-2/h5,8,12,16H,3-4,6-7,9-10H2,1-2H3,(H,15,18). The van der Waals surface area contributed by atoms with Gasteiger partial charge >= 0.3 is 0 Å². The number of piperidine rings is 1. The predicted molar refractivity (Wildman–Crippen MR) is 73.8 cm³/mol. The lowest BCUT2D eigenvalue weighted by Gasteiger charge is -2.31. The Morgan fingerprint density at radius 3 is 2.79 bits per heavy atom. The van der Waals surface area contributed by atoms with Crippen LogP contribution in [0.3, 0.4) is 0 Å². The third-order valence-electron chi connectivity index (χ3n) is 3.75. The molecule has 1 aromatic rings. The van der Waals surface area contributed by atoms with E-state index in [0.717, 1.165) is 38.2 Å². The Labute approximate surface area is 114 Å². The lowest BCUT2D eigenvalue weighted by molar-refractivity contribution is -0.122. The molecule has 0 spiro atoms. The van der Waals surface area contributed by atoms with Gasteiger partial charge in [-0.25, -0.2) is 0 Å². The van der Waals surface area contributed by atoms with E-state index in [1.165, 1.54) is 5.56 Å². The first-order valence-electron chi connectivity index (χ1n) is 6.88. The molecule has 19 heavy (non-hydrogen) atoms.